The van der Waals surface area contributed by atoms with Crippen molar-refractivity contribution < 1.29 is 19.4 Å². The molecule has 1 atom stereocenters. The lowest BCUT2D eigenvalue weighted by Crippen LogP contribution is -2.48. The standard InChI is InChI=1S/C30H40N4O4S/c1-32-15-12-24(13-16-32)38-28(29-31-26-10-3-4-11-27(26)39-29)23-8-7-9-25(22-23)37-21-6-2-5-14-33-17-19-34(20-18-33)30(35)36/h3-4,7-11,22,24,28H,2,5-6,12-21H2,1H3,(H,35,36). The van der Waals surface area contributed by atoms with Crippen molar-refractivity contribution in [3.05, 3.63) is 59.1 Å². The summed E-state index contributed by atoms with van der Waals surface area (Å²) in [5.74, 6) is 0.871. The van der Waals surface area contributed by atoms with E-state index in [9.17, 15) is 4.79 Å². The molecule has 0 bridgehead atoms. The highest BCUT2D eigenvalue weighted by Crippen LogP contribution is 2.36. The zero-order valence-electron chi connectivity index (χ0n) is 22.8. The number of para-hydroxylation sites is 1. The van der Waals surface area contributed by atoms with Crippen LogP contribution in [-0.2, 0) is 4.74 Å². The second-order valence-corrected chi connectivity index (χ2v) is 11.7. The number of amides is 1. The van der Waals surface area contributed by atoms with E-state index < -0.39 is 6.09 Å². The number of nitrogens with zero attached hydrogens (tertiary/aromatic N) is 4. The van der Waals surface area contributed by atoms with Gasteiger partial charge in [-0.15, -0.1) is 11.3 Å². The number of benzene rings is 2. The average molecular weight is 553 g/mol. The predicted molar refractivity (Wildman–Crippen MR) is 155 cm³/mol. The minimum absolute atomic E-state index is 0.207. The number of likely N-dealkylation sites (tertiary alicyclic amines) is 1. The number of carboxylic acid groups (broad SMARTS) is 1. The van der Waals surface area contributed by atoms with Crippen molar-refractivity contribution >= 4 is 27.6 Å². The van der Waals surface area contributed by atoms with Gasteiger partial charge in [-0.1, -0.05) is 24.3 Å². The molecule has 2 aliphatic rings. The lowest BCUT2D eigenvalue weighted by Gasteiger charge is -2.33. The van der Waals surface area contributed by atoms with Crippen molar-refractivity contribution in [3.8, 4) is 5.75 Å². The van der Waals surface area contributed by atoms with Crippen molar-refractivity contribution in [2.45, 2.75) is 44.3 Å². The van der Waals surface area contributed by atoms with E-state index in [1.807, 2.05) is 12.1 Å². The minimum atomic E-state index is -0.810. The Labute approximate surface area is 235 Å². The molecule has 0 radical (unpaired) electrons. The van der Waals surface area contributed by atoms with Gasteiger partial charge in [0.15, 0.2) is 0 Å². The third-order valence-corrected chi connectivity index (χ3v) is 8.80. The van der Waals surface area contributed by atoms with Gasteiger partial charge in [0.25, 0.3) is 0 Å². The molecule has 2 fully saturated rings. The van der Waals surface area contributed by atoms with Gasteiger partial charge in [0.2, 0.25) is 0 Å². The van der Waals surface area contributed by atoms with Gasteiger partial charge in [-0.25, -0.2) is 9.78 Å². The summed E-state index contributed by atoms with van der Waals surface area (Å²) < 4.78 is 14.1. The van der Waals surface area contributed by atoms with Gasteiger partial charge in [0, 0.05) is 39.3 Å². The van der Waals surface area contributed by atoms with Crippen molar-refractivity contribution in [2.24, 2.45) is 0 Å². The molecule has 1 amide bonds. The topological polar surface area (TPSA) is 78.4 Å². The molecule has 2 aromatic carbocycles. The number of ether oxygens (including phenoxy) is 2. The molecule has 2 aliphatic heterocycles. The van der Waals surface area contributed by atoms with Crippen LogP contribution < -0.4 is 4.74 Å². The van der Waals surface area contributed by atoms with Crippen molar-refractivity contribution in [2.75, 3.05) is 59.5 Å². The van der Waals surface area contributed by atoms with Crippen LogP contribution in [0.1, 0.15) is 48.8 Å². The molecule has 1 N–H and O–H groups in total. The lowest BCUT2D eigenvalue weighted by molar-refractivity contribution is -0.0235. The predicted octanol–water partition coefficient (Wildman–Crippen LogP) is 5.34. The highest BCUT2D eigenvalue weighted by molar-refractivity contribution is 7.18. The molecule has 39 heavy (non-hydrogen) atoms. The zero-order chi connectivity index (χ0) is 27.0. The first-order valence-corrected chi connectivity index (χ1v) is 15.0. The SMILES string of the molecule is CN1CCC(OC(c2cccc(OCCCCCN3CCN(C(=O)O)CC3)c2)c2nc3ccccc3s2)CC1. The van der Waals surface area contributed by atoms with Crippen molar-refractivity contribution in [1.82, 2.24) is 19.7 Å². The highest BCUT2D eigenvalue weighted by Gasteiger charge is 2.26. The Hall–Kier alpha value is -2.72. The van der Waals surface area contributed by atoms with E-state index in [0.717, 1.165) is 86.7 Å². The molecule has 8 nitrogen and oxygen atoms in total. The molecule has 9 heteroatoms. The quantitative estimate of drug-likeness (QED) is 0.322. The molecular formula is C30H40N4O4S. The van der Waals surface area contributed by atoms with Crippen molar-refractivity contribution in [1.29, 1.82) is 0 Å². The Balaban J connectivity index is 1.15. The molecule has 3 aromatic rings. The first-order valence-electron chi connectivity index (χ1n) is 14.2. The Morgan fingerprint density at radius 1 is 1.03 bits per heavy atom. The number of hydrogen-bond acceptors (Lipinski definition) is 7. The summed E-state index contributed by atoms with van der Waals surface area (Å²) in [6.45, 7) is 6.66. The van der Waals surface area contributed by atoms with Crippen LogP contribution in [0, 0.1) is 0 Å². The number of piperidine rings is 1. The fourth-order valence-corrected chi connectivity index (χ4v) is 6.36. The molecule has 0 spiro atoms. The number of rotatable bonds is 11. The molecule has 3 heterocycles. The second kappa shape index (κ2) is 13.6. The van der Waals surface area contributed by atoms with E-state index in [4.69, 9.17) is 19.6 Å². The third-order valence-electron chi connectivity index (χ3n) is 7.72. The molecule has 210 valence electrons. The van der Waals surface area contributed by atoms with Crippen LogP contribution >= 0.6 is 11.3 Å². The summed E-state index contributed by atoms with van der Waals surface area (Å²) in [6.07, 6.45) is 4.44. The summed E-state index contributed by atoms with van der Waals surface area (Å²) in [7, 11) is 2.17. The van der Waals surface area contributed by atoms with Crippen LogP contribution in [0.15, 0.2) is 48.5 Å². The van der Waals surface area contributed by atoms with E-state index in [1.54, 1.807) is 11.3 Å². The number of aromatic nitrogens is 1. The van der Waals surface area contributed by atoms with E-state index in [0.29, 0.717) is 19.7 Å². The Morgan fingerprint density at radius 2 is 1.82 bits per heavy atom. The number of hydrogen-bond donors (Lipinski definition) is 1. The van der Waals surface area contributed by atoms with E-state index in [1.165, 1.54) is 9.60 Å². The molecule has 1 aromatic heterocycles. The van der Waals surface area contributed by atoms with Gasteiger partial charge in [0.1, 0.15) is 16.9 Å². The zero-order valence-corrected chi connectivity index (χ0v) is 23.7. The van der Waals surface area contributed by atoms with E-state index >= 15 is 0 Å². The van der Waals surface area contributed by atoms with Gasteiger partial charge < -0.3 is 24.4 Å². The smallest absolute Gasteiger partial charge is 0.407 e. The Bertz CT molecular complexity index is 1170. The van der Waals surface area contributed by atoms with Gasteiger partial charge in [0.05, 0.1) is 22.9 Å². The second-order valence-electron chi connectivity index (χ2n) is 10.6. The first kappa shape index (κ1) is 27.8. The number of piperazine rings is 1. The number of carbonyl (C=O) groups is 1. The molecule has 0 aliphatic carbocycles. The third kappa shape index (κ3) is 7.69. The molecule has 5 rings (SSSR count). The summed E-state index contributed by atoms with van der Waals surface area (Å²) in [5, 5.41) is 10.1. The van der Waals surface area contributed by atoms with Crippen LogP contribution in [0.25, 0.3) is 10.2 Å². The summed E-state index contributed by atoms with van der Waals surface area (Å²) in [5.41, 5.74) is 2.11. The Kier molecular flexibility index (Phi) is 9.68. The fraction of sp³-hybridized carbons (Fsp3) is 0.533. The van der Waals surface area contributed by atoms with Crippen LogP contribution in [0.4, 0.5) is 4.79 Å². The van der Waals surface area contributed by atoms with Gasteiger partial charge in [-0.05, 0) is 75.5 Å². The van der Waals surface area contributed by atoms with Crippen LogP contribution in [0.5, 0.6) is 5.75 Å². The van der Waals surface area contributed by atoms with Crippen LogP contribution in [0.2, 0.25) is 0 Å². The monoisotopic (exact) mass is 552 g/mol. The van der Waals surface area contributed by atoms with Crippen LogP contribution in [0.3, 0.4) is 0 Å². The lowest BCUT2D eigenvalue weighted by atomic mass is 10.1. The van der Waals surface area contributed by atoms with Crippen molar-refractivity contribution in [3.63, 3.8) is 0 Å². The average Bonchev–Trinajstić information content (AvgIpc) is 3.39. The molecule has 2 saturated heterocycles. The minimum Gasteiger partial charge on any atom is -0.494 e. The van der Waals surface area contributed by atoms with Gasteiger partial charge in [-0.2, -0.15) is 0 Å². The molecule has 1 unspecified atom stereocenters. The van der Waals surface area contributed by atoms with Gasteiger partial charge >= 0.3 is 6.09 Å². The first-order chi connectivity index (χ1) is 19.0. The number of unbranched alkanes of at least 4 members (excludes halogenated alkanes) is 2. The summed E-state index contributed by atoms with van der Waals surface area (Å²) in [4.78, 5) is 22.2. The highest BCUT2D eigenvalue weighted by atomic mass is 32.1. The summed E-state index contributed by atoms with van der Waals surface area (Å²) >= 11 is 1.71. The van der Waals surface area contributed by atoms with Crippen LogP contribution in [-0.4, -0.2) is 96.5 Å². The fourth-order valence-electron chi connectivity index (χ4n) is 5.33. The molecular weight excluding hydrogens is 512 g/mol. The number of thiazole rings is 1. The maximum Gasteiger partial charge on any atom is 0.407 e. The van der Waals surface area contributed by atoms with Gasteiger partial charge in [-0.3, -0.25) is 4.90 Å². The summed E-state index contributed by atoms with van der Waals surface area (Å²) in [6, 6.07) is 16.6. The van der Waals surface area contributed by atoms with E-state index in [2.05, 4.69) is 53.2 Å². The number of fused-ring (bicyclic) bond motifs is 1. The normalized spacial score (nSPS) is 18.4. The maximum absolute atomic E-state index is 11.1. The molecule has 0 saturated carbocycles. The van der Waals surface area contributed by atoms with E-state index in [-0.39, 0.29) is 12.2 Å². The maximum atomic E-state index is 11.1. The Morgan fingerprint density at radius 3 is 2.59 bits per heavy atom. The largest absolute Gasteiger partial charge is 0.494 e.